The number of anilines is 3. The second-order valence-electron chi connectivity index (χ2n) is 13.2. The first kappa shape index (κ1) is 29.9. The standard InChI is InChI=1S/C49H32N2O/c1-4-12-33(13-5-1)41-29-30-42(44-19-11-10-18-43(41)44)34-22-26-39(27-23-34)51(38-16-8-3-9-17-38)40-28-24-35-20-21-36-25-31-46-48(47(36)45(35)32-40)52-49(50-46)37-14-6-2-7-15-37/h1-32H. The zero-order valence-corrected chi connectivity index (χ0v) is 28.3. The molecule has 3 nitrogen and oxygen atoms in total. The van der Waals surface area contributed by atoms with E-state index < -0.39 is 0 Å². The van der Waals surface area contributed by atoms with E-state index in [9.17, 15) is 0 Å². The molecular weight excluding hydrogens is 633 g/mol. The van der Waals surface area contributed by atoms with Gasteiger partial charge < -0.3 is 9.32 Å². The van der Waals surface area contributed by atoms with Gasteiger partial charge >= 0.3 is 0 Å². The van der Waals surface area contributed by atoms with Gasteiger partial charge in [0.1, 0.15) is 5.52 Å². The molecule has 0 N–H and O–H groups in total. The first-order chi connectivity index (χ1) is 25.8. The normalized spacial score (nSPS) is 11.5. The van der Waals surface area contributed by atoms with Crippen molar-refractivity contribution in [1.29, 1.82) is 0 Å². The van der Waals surface area contributed by atoms with Gasteiger partial charge in [-0.15, -0.1) is 0 Å². The molecule has 3 heteroatoms. The summed E-state index contributed by atoms with van der Waals surface area (Å²) in [6.45, 7) is 0. The fraction of sp³-hybridized carbons (Fsp3) is 0. The molecule has 0 spiro atoms. The van der Waals surface area contributed by atoms with Crippen LogP contribution in [-0.2, 0) is 0 Å². The van der Waals surface area contributed by atoms with E-state index in [1.807, 2.05) is 30.3 Å². The summed E-state index contributed by atoms with van der Waals surface area (Å²) in [6.07, 6.45) is 0. The minimum Gasteiger partial charge on any atom is -0.435 e. The zero-order chi connectivity index (χ0) is 34.4. The Labute approximate surface area is 301 Å². The van der Waals surface area contributed by atoms with Crippen molar-refractivity contribution in [3.8, 4) is 33.7 Å². The Morgan fingerprint density at radius 3 is 1.60 bits per heavy atom. The van der Waals surface area contributed by atoms with Crippen molar-refractivity contribution < 1.29 is 4.42 Å². The lowest BCUT2D eigenvalue weighted by molar-refractivity contribution is 0.623. The van der Waals surface area contributed by atoms with Gasteiger partial charge in [0.2, 0.25) is 5.89 Å². The highest BCUT2D eigenvalue weighted by atomic mass is 16.3. The van der Waals surface area contributed by atoms with Gasteiger partial charge in [0.25, 0.3) is 0 Å². The highest BCUT2D eigenvalue weighted by Gasteiger charge is 2.18. The molecule has 10 aromatic rings. The summed E-state index contributed by atoms with van der Waals surface area (Å²) in [5.41, 5.74) is 10.7. The van der Waals surface area contributed by atoms with Gasteiger partial charge in [-0.25, -0.2) is 4.98 Å². The Bertz CT molecular complexity index is 2880. The number of para-hydroxylation sites is 1. The Balaban J connectivity index is 1.10. The van der Waals surface area contributed by atoms with E-state index in [4.69, 9.17) is 9.40 Å². The Hall–Kier alpha value is -6.97. The smallest absolute Gasteiger partial charge is 0.227 e. The monoisotopic (exact) mass is 664 g/mol. The molecule has 0 fully saturated rings. The molecule has 0 aliphatic rings. The van der Waals surface area contributed by atoms with Crippen molar-refractivity contribution in [1.82, 2.24) is 4.98 Å². The molecular formula is C49H32N2O. The van der Waals surface area contributed by atoms with Crippen molar-refractivity contribution in [3.63, 3.8) is 0 Å². The van der Waals surface area contributed by atoms with E-state index in [0.29, 0.717) is 5.89 Å². The van der Waals surface area contributed by atoms with E-state index >= 15 is 0 Å². The predicted octanol–water partition coefficient (Wildman–Crippen LogP) is 13.8. The molecule has 0 aliphatic heterocycles. The molecule has 0 radical (unpaired) electrons. The van der Waals surface area contributed by atoms with E-state index in [1.54, 1.807) is 0 Å². The average molecular weight is 665 g/mol. The first-order valence-electron chi connectivity index (χ1n) is 17.6. The maximum absolute atomic E-state index is 6.54. The number of hydrogen-bond donors (Lipinski definition) is 0. The van der Waals surface area contributed by atoms with Gasteiger partial charge in [0, 0.05) is 28.0 Å². The zero-order valence-electron chi connectivity index (χ0n) is 28.3. The van der Waals surface area contributed by atoms with Crippen molar-refractivity contribution >= 4 is 60.5 Å². The molecule has 9 aromatic carbocycles. The molecule has 0 saturated heterocycles. The number of benzene rings is 9. The summed E-state index contributed by atoms with van der Waals surface area (Å²) in [5.74, 6) is 0.629. The molecule has 0 amide bonds. The lowest BCUT2D eigenvalue weighted by Crippen LogP contribution is -2.09. The lowest BCUT2D eigenvalue weighted by atomic mass is 9.92. The molecule has 0 unspecified atom stereocenters. The summed E-state index contributed by atoms with van der Waals surface area (Å²) in [7, 11) is 0. The Morgan fingerprint density at radius 1 is 0.385 bits per heavy atom. The van der Waals surface area contributed by atoms with Gasteiger partial charge in [-0.1, -0.05) is 140 Å². The Morgan fingerprint density at radius 2 is 0.904 bits per heavy atom. The van der Waals surface area contributed by atoms with Crippen LogP contribution in [0.1, 0.15) is 0 Å². The fourth-order valence-electron chi connectivity index (χ4n) is 7.59. The van der Waals surface area contributed by atoms with Crippen LogP contribution in [0.25, 0.3) is 77.1 Å². The fourth-order valence-corrected chi connectivity index (χ4v) is 7.59. The summed E-state index contributed by atoms with van der Waals surface area (Å²) in [6, 6.07) is 68.8. The van der Waals surface area contributed by atoms with Crippen molar-refractivity contribution in [2.75, 3.05) is 4.90 Å². The summed E-state index contributed by atoms with van der Waals surface area (Å²) >= 11 is 0. The predicted molar refractivity (Wildman–Crippen MR) is 218 cm³/mol. The molecule has 0 aliphatic carbocycles. The molecule has 52 heavy (non-hydrogen) atoms. The first-order valence-corrected chi connectivity index (χ1v) is 17.6. The lowest BCUT2D eigenvalue weighted by Gasteiger charge is -2.26. The number of rotatable bonds is 6. The van der Waals surface area contributed by atoms with Crippen molar-refractivity contribution in [3.05, 3.63) is 194 Å². The third-order valence-electron chi connectivity index (χ3n) is 10.1. The third kappa shape index (κ3) is 5.10. The van der Waals surface area contributed by atoms with Crippen LogP contribution in [0.4, 0.5) is 17.1 Å². The maximum atomic E-state index is 6.54. The molecule has 1 heterocycles. The van der Waals surface area contributed by atoms with Gasteiger partial charge in [-0.3, -0.25) is 0 Å². The minimum atomic E-state index is 0.629. The highest BCUT2D eigenvalue weighted by Crippen LogP contribution is 2.41. The quantitative estimate of drug-likeness (QED) is 0.166. The molecule has 0 saturated carbocycles. The molecule has 1 aromatic heterocycles. The van der Waals surface area contributed by atoms with Gasteiger partial charge in [0.05, 0.1) is 0 Å². The number of hydrogen-bond acceptors (Lipinski definition) is 3. The van der Waals surface area contributed by atoms with Gasteiger partial charge in [-0.05, 0) is 104 Å². The number of oxazole rings is 1. The van der Waals surface area contributed by atoms with Gasteiger partial charge in [0.15, 0.2) is 5.58 Å². The molecule has 244 valence electrons. The van der Waals surface area contributed by atoms with Crippen LogP contribution in [-0.4, -0.2) is 4.98 Å². The number of fused-ring (bicyclic) bond motifs is 6. The van der Waals surface area contributed by atoms with E-state index in [-0.39, 0.29) is 0 Å². The molecule has 0 atom stereocenters. The van der Waals surface area contributed by atoms with Crippen LogP contribution in [0.15, 0.2) is 199 Å². The minimum absolute atomic E-state index is 0.629. The number of nitrogens with zero attached hydrogens (tertiary/aromatic N) is 2. The number of aromatic nitrogens is 1. The van der Waals surface area contributed by atoms with Crippen LogP contribution in [0.2, 0.25) is 0 Å². The van der Waals surface area contributed by atoms with Crippen molar-refractivity contribution in [2.24, 2.45) is 0 Å². The molecule has 10 rings (SSSR count). The average Bonchev–Trinajstić information content (AvgIpc) is 3.67. The SMILES string of the molecule is c1ccc(-c2nc3ccc4ccc5ccc(N(c6ccccc6)c6ccc(-c7ccc(-c8ccccc8)c8ccccc78)cc6)cc5c4c3o2)cc1. The molecule has 0 bridgehead atoms. The van der Waals surface area contributed by atoms with Crippen LogP contribution < -0.4 is 4.90 Å². The highest BCUT2D eigenvalue weighted by molar-refractivity contribution is 6.18. The summed E-state index contributed by atoms with van der Waals surface area (Å²) in [5, 5.41) is 6.96. The van der Waals surface area contributed by atoms with E-state index in [0.717, 1.165) is 55.3 Å². The van der Waals surface area contributed by atoms with Crippen LogP contribution in [0, 0.1) is 0 Å². The van der Waals surface area contributed by atoms with Crippen LogP contribution >= 0.6 is 0 Å². The van der Waals surface area contributed by atoms with Crippen LogP contribution in [0.5, 0.6) is 0 Å². The largest absolute Gasteiger partial charge is 0.435 e. The van der Waals surface area contributed by atoms with E-state index in [1.165, 1.54) is 33.0 Å². The van der Waals surface area contributed by atoms with Crippen LogP contribution in [0.3, 0.4) is 0 Å². The van der Waals surface area contributed by atoms with Crippen molar-refractivity contribution in [2.45, 2.75) is 0 Å². The second kappa shape index (κ2) is 12.4. The maximum Gasteiger partial charge on any atom is 0.227 e. The van der Waals surface area contributed by atoms with Gasteiger partial charge in [-0.2, -0.15) is 0 Å². The topological polar surface area (TPSA) is 29.3 Å². The summed E-state index contributed by atoms with van der Waals surface area (Å²) < 4.78 is 6.54. The third-order valence-corrected chi connectivity index (χ3v) is 10.1. The van der Waals surface area contributed by atoms with E-state index in [2.05, 4.69) is 169 Å². The Kier molecular flexibility index (Phi) is 7.14. The second-order valence-corrected chi connectivity index (χ2v) is 13.2. The summed E-state index contributed by atoms with van der Waals surface area (Å²) in [4.78, 5) is 7.22.